The Hall–Kier alpha value is -3.07. The topological polar surface area (TPSA) is 64.3 Å². The Morgan fingerprint density at radius 1 is 1.21 bits per heavy atom. The summed E-state index contributed by atoms with van der Waals surface area (Å²) in [5, 5.41) is 4.77. The first kappa shape index (κ1) is 21.8. The second-order valence-corrected chi connectivity index (χ2v) is 8.91. The number of halogens is 3. The van der Waals surface area contributed by atoms with Crippen molar-refractivity contribution in [2.24, 2.45) is 0 Å². The van der Waals surface area contributed by atoms with Crippen molar-refractivity contribution in [3.8, 4) is 0 Å². The van der Waals surface area contributed by atoms with Gasteiger partial charge in [0.2, 0.25) is 0 Å². The zero-order valence-corrected chi connectivity index (χ0v) is 18.3. The quantitative estimate of drug-likeness (QED) is 0.610. The molecule has 4 heterocycles. The summed E-state index contributed by atoms with van der Waals surface area (Å²) in [4.78, 5) is 23.9. The Morgan fingerprint density at radius 3 is 2.82 bits per heavy atom. The highest BCUT2D eigenvalue weighted by molar-refractivity contribution is 5.80. The van der Waals surface area contributed by atoms with Crippen LogP contribution in [0.5, 0.6) is 0 Å². The van der Waals surface area contributed by atoms with Gasteiger partial charge in [0, 0.05) is 67.8 Å². The average Bonchev–Trinajstić information content (AvgIpc) is 3.44. The van der Waals surface area contributed by atoms with Crippen LogP contribution in [0.25, 0.3) is 10.9 Å². The van der Waals surface area contributed by atoms with Crippen LogP contribution >= 0.6 is 0 Å². The molecule has 2 atom stereocenters. The van der Waals surface area contributed by atoms with Crippen LogP contribution in [-0.4, -0.2) is 51.5 Å². The molecule has 2 aliphatic heterocycles. The number of rotatable bonds is 3. The largest absolute Gasteiger partial charge is 0.417 e. The molecule has 9 heteroatoms. The van der Waals surface area contributed by atoms with Crippen molar-refractivity contribution >= 4 is 16.9 Å². The molecule has 2 N–H and O–H groups in total. The molecule has 1 saturated heterocycles. The Bertz CT molecular complexity index is 1140. The lowest BCUT2D eigenvalue weighted by molar-refractivity contribution is -0.137. The van der Waals surface area contributed by atoms with Gasteiger partial charge in [0.25, 0.3) is 0 Å². The van der Waals surface area contributed by atoms with E-state index < -0.39 is 11.7 Å². The van der Waals surface area contributed by atoms with Gasteiger partial charge in [0.05, 0.1) is 5.56 Å². The van der Waals surface area contributed by atoms with E-state index in [1.165, 1.54) is 0 Å². The van der Waals surface area contributed by atoms with E-state index in [-0.39, 0.29) is 24.7 Å². The van der Waals surface area contributed by atoms with Crippen LogP contribution < -0.4 is 5.32 Å². The van der Waals surface area contributed by atoms with Gasteiger partial charge >= 0.3 is 12.2 Å². The van der Waals surface area contributed by atoms with Gasteiger partial charge in [-0.25, -0.2) is 4.79 Å². The van der Waals surface area contributed by atoms with E-state index in [0.717, 1.165) is 35.3 Å². The first-order chi connectivity index (χ1) is 15.8. The van der Waals surface area contributed by atoms with E-state index in [1.807, 2.05) is 18.2 Å². The molecule has 6 nitrogen and oxygen atoms in total. The number of fused-ring (bicyclic) bond motifs is 2. The Balaban J connectivity index is 1.20. The Kier molecular flexibility index (Phi) is 5.52. The summed E-state index contributed by atoms with van der Waals surface area (Å²) < 4.78 is 39.2. The summed E-state index contributed by atoms with van der Waals surface area (Å²) in [5.74, 6) is 0. The van der Waals surface area contributed by atoms with Crippen LogP contribution in [0, 0.1) is 0 Å². The van der Waals surface area contributed by atoms with Gasteiger partial charge < -0.3 is 20.1 Å². The fraction of sp³-hybridized carbons (Fsp3) is 0.417. The predicted octanol–water partition coefficient (Wildman–Crippen LogP) is 4.48. The third-order valence-corrected chi connectivity index (χ3v) is 6.60. The van der Waals surface area contributed by atoms with Crippen LogP contribution in [0.3, 0.4) is 0 Å². The minimum absolute atomic E-state index is 0.103. The number of pyridine rings is 1. The number of hydrogen-bond acceptors (Lipinski definition) is 3. The van der Waals surface area contributed by atoms with Crippen molar-refractivity contribution < 1.29 is 18.0 Å². The third kappa shape index (κ3) is 4.42. The van der Waals surface area contributed by atoms with Crippen molar-refractivity contribution in [2.45, 2.75) is 44.6 Å². The van der Waals surface area contributed by atoms with E-state index in [9.17, 15) is 18.0 Å². The number of urea groups is 1. The lowest BCUT2D eigenvalue weighted by Gasteiger charge is -2.32. The molecule has 33 heavy (non-hydrogen) atoms. The molecule has 3 aromatic rings. The second-order valence-electron chi connectivity index (χ2n) is 8.91. The number of benzene rings is 1. The number of nitrogens with zero attached hydrogens (tertiary/aromatic N) is 3. The van der Waals surface area contributed by atoms with Crippen molar-refractivity contribution in [3.63, 3.8) is 0 Å². The van der Waals surface area contributed by atoms with E-state index in [4.69, 9.17) is 0 Å². The SMILES string of the molecule is CC(NC1CCN(C(=O)N2CCc3ncc(C(F)(F)F)cc3C2)C1)c1cc2ccccc2[nH]1. The summed E-state index contributed by atoms with van der Waals surface area (Å²) >= 11 is 0. The van der Waals surface area contributed by atoms with Crippen LogP contribution in [0.2, 0.25) is 0 Å². The number of amides is 2. The number of alkyl halides is 3. The van der Waals surface area contributed by atoms with Gasteiger partial charge in [-0.15, -0.1) is 0 Å². The molecular formula is C24H26F3N5O. The monoisotopic (exact) mass is 457 g/mol. The number of aromatic amines is 1. The summed E-state index contributed by atoms with van der Waals surface area (Å²) in [7, 11) is 0. The van der Waals surface area contributed by atoms with Gasteiger partial charge in [0.1, 0.15) is 0 Å². The van der Waals surface area contributed by atoms with Gasteiger partial charge in [0.15, 0.2) is 0 Å². The number of hydrogen-bond donors (Lipinski definition) is 2. The first-order valence-electron chi connectivity index (χ1n) is 11.2. The lowest BCUT2D eigenvalue weighted by atomic mass is 10.0. The normalized spacial score (nSPS) is 19.7. The molecular weight excluding hydrogens is 431 g/mol. The molecule has 0 saturated carbocycles. The molecule has 5 rings (SSSR count). The van der Waals surface area contributed by atoms with Crippen molar-refractivity contribution in [1.29, 1.82) is 0 Å². The molecule has 0 bridgehead atoms. The maximum absolute atomic E-state index is 13.1. The van der Waals surface area contributed by atoms with Gasteiger partial charge in [-0.1, -0.05) is 18.2 Å². The fourth-order valence-corrected chi connectivity index (χ4v) is 4.79. The first-order valence-corrected chi connectivity index (χ1v) is 11.2. The Morgan fingerprint density at radius 2 is 2.03 bits per heavy atom. The summed E-state index contributed by atoms with van der Waals surface area (Å²) in [6.45, 7) is 3.92. The highest BCUT2D eigenvalue weighted by atomic mass is 19.4. The van der Waals surface area contributed by atoms with Crippen LogP contribution in [-0.2, 0) is 19.1 Å². The number of carbonyl (C=O) groups excluding carboxylic acids is 1. The molecule has 1 aromatic carbocycles. The highest BCUT2D eigenvalue weighted by Crippen LogP contribution is 2.31. The number of H-pyrrole nitrogens is 1. The summed E-state index contributed by atoms with van der Waals surface area (Å²) in [5.41, 5.74) is 2.54. The van der Waals surface area contributed by atoms with E-state index in [0.29, 0.717) is 37.3 Å². The van der Waals surface area contributed by atoms with Crippen molar-refractivity contribution in [1.82, 2.24) is 25.1 Å². The molecule has 1 fully saturated rings. The summed E-state index contributed by atoms with van der Waals surface area (Å²) in [6.07, 6.45) is -2.27. The van der Waals surface area contributed by atoms with Gasteiger partial charge in [-0.05, 0) is 42.5 Å². The molecule has 0 spiro atoms. The molecule has 0 radical (unpaired) electrons. The summed E-state index contributed by atoms with van der Waals surface area (Å²) in [6, 6.07) is 11.5. The Labute approximate surface area is 189 Å². The van der Waals surface area contributed by atoms with Crippen LogP contribution in [0.15, 0.2) is 42.6 Å². The predicted molar refractivity (Wildman–Crippen MR) is 119 cm³/mol. The molecule has 2 amide bonds. The number of likely N-dealkylation sites (tertiary alicyclic amines) is 1. The standard InChI is InChI=1S/C24H26F3N5O/c1-15(22-11-16-4-2-3-5-21(16)30-22)29-19-6-8-32(14-19)23(33)31-9-7-20-17(13-31)10-18(12-28-20)24(25,26)27/h2-5,10-12,15,19,29-30H,6-9,13-14H2,1H3. The number of aromatic nitrogens is 2. The van der Waals surface area contributed by atoms with E-state index in [1.54, 1.807) is 9.80 Å². The number of carbonyl (C=O) groups is 1. The average molecular weight is 458 g/mol. The minimum atomic E-state index is -4.44. The second kappa shape index (κ2) is 8.37. The third-order valence-electron chi connectivity index (χ3n) is 6.60. The van der Waals surface area contributed by atoms with E-state index >= 15 is 0 Å². The maximum Gasteiger partial charge on any atom is 0.417 e. The zero-order valence-electron chi connectivity index (χ0n) is 18.3. The zero-order chi connectivity index (χ0) is 23.2. The van der Waals surface area contributed by atoms with E-state index in [2.05, 4.69) is 34.3 Å². The molecule has 0 aliphatic carbocycles. The van der Waals surface area contributed by atoms with Crippen LogP contribution in [0.1, 0.15) is 41.9 Å². The van der Waals surface area contributed by atoms with Gasteiger partial charge in [-0.2, -0.15) is 13.2 Å². The molecule has 2 unspecified atom stereocenters. The molecule has 174 valence electrons. The molecule has 2 aliphatic rings. The van der Waals surface area contributed by atoms with Crippen molar-refractivity contribution in [2.75, 3.05) is 19.6 Å². The fourth-order valence-electron chi connectivity index (χ4n) is 4.79. The van der Waals surface area contributed by atoms with Crippen molar-refractivity contribution in [3.05, 3.63) is 65.1 Å². The molecule has 2 aromatic heterocycles. The number of para-hydroxylation sites is 1. The highest BCUT2D eigenvalue weighted by Gasteiger charge is 2.35. The van der Waals surface area contributed by atoms with Crippen LogP contribution in [0.4, 0.5) is 18.0 Å². The maximum atomic E-state index is 13.1. The minimum Gasteiger partial charge on any atom is -0.357 e. The smallest absolute Gasteiger partial charge is 0.357 e. The lowest BCUT2D eigenvalue weighted by Crippen LogP contribution is -2.45. The van der Waals surface area contributed by atoms with Gasteiger partial charge in [-0.3, -0.25) is 4.98 Å². The number of nitrogens with one attached hydrogen (secondary N) is 2.